The highest BCUT2D eigenvalue weighted by Gasteiger charge is 2.22. The first-order valence-electron chi connectivity index (χ1n) is 8.06. The molecule has 2 aromatic carbocycles. The zero-order chi connectivity index (χ0) is 18.5. The number of hydroxylamine groups is 3. The lowest BCUT2D eigenvalue weighted by Crippen LogP contribution is -2.39. The fourth-order valence-electron chi connectivity index (χ4n) is 2.42. The van der Waals surface area contributed by atoms with E-state index in [0.29, 0.717) is 23.1 Å². The van der Waals surface area contributed by atoms with E-state index in [1.165, 1.54) is 12.1 Å². The van der Waals surface area contributed by atoms with Crippen LogP contribution in [0.4, 0.5) is 9.18 Å². The molecule has 0 unspecified atom stereocenters. The third-order valence-electron chi connectivity index (χ3n) is 3.74. The molecule has 1 atom stereocenters. The van der Waals surface area contributed by atoms with Crippen molar-refractivity contribution in [3.8, 4) is 5.75 Å². The Morgan fingerprint density at radius 1 is 1.38 bits per heavy atom. The molecule has 0 spiro atoms. The van der Waals surface area contributed by atoms with Gasteiger partial charge in [-0.3, -0.25) is 5.21 Å². The SMILES string of the molecule is CCN(O)C(=O)NOc1cc(F)cc(C2=N[C@H](c3ccccc3)CO2)c1. The number of urea groups is 1. The monoisotopic (exact) mass is 359 g/mol. The largest absolute Gasteiger partial charge is 0.475 e. The number of hydrogen-bond acceptors (Lipinski definition) is 5. The minimum atomic E-state index is -0.864. The van der Waals surface area contributed by atoms with Crippen LogP contribution in [-0.4, -0.2) is 35.4 Å². The summed E-state index contributed by atoms with van der Waals surface area (Å²) < 4.78 is 19.5. The van der Waals surface area contributed by atoms with E-state index in [1.807, 2.05) is 35.8 Å². The molecule has 26 heavy (non-hydrogen) atoms. The summed E-state index contributed by atoms with van der Waals surface area (Å²) in [5.41, 5.74) is 3.42. The predicted octanol–water partition coefficient (Wildman–Crippen LogP) is 3.06. The fraction of sp³-hybridized carbons (Fsp3) is 0.222. The Balaban J connectivity index is 1.74. The van der Waals surface area contributed by atoms with Crippen LogP contribution in [-0.2, 0) is 4.74 Å². The molecule has 7 nitrogen and oxygen atoms in total. The molecule has 0 fully saturated rings. The highest BCUT2D eigenvalue weighted by Crippen LogP contribution is 2.26. The van der Waals surface area contributed by atoms with E-state index in [2.05, 4.69) is 4.99 Å². The van der Waals surface area contributed by atoms with Crippen molar-refractivity contribution in [1.82, 2.24) is 10.5 Å². The average Bonchev–Trinajstić information content (AvgIpc) is 3.16. The average molecular weight is 359 g/mol. The highest BCUT2D eigenvalue weighted by atomic mass is 19.1. The van der Waals surface area contributed by atoms with Gasteiger partial charge in [0.05, 0.1) is 0 Å². The van der Waals surface area contributed by atoms with Gasteiger partial charge in [0, 0.05) is 18.2 Å². The molecule has 0 aromatic heterocycles. The number of nitrogens with one attached hydrogen (secondary N) is 1. The van der Waals surface area contributed by atoms with Crippen molar-refractivity contribution in [2.24, 2.45) is 4.99 Å². The molecule has 1 aliphatic heterocycles. The molecule has 2 amide bonds. The first kappa shape index (κ1) is 17.7. The van der Waals surface area contributed by atoms with Crippen molar-refractivity contribution in [3.05, 3.63) is 65.5 Å². The lowest BCUT2D eigenvalue weighted by molar-refractivity contribution is -0.0485. The third kappa shape index (κ3) is 4.09. The molecule has 0 aliphatic carbocycles. The Morgan fingerprint density at radius 2 is 2.15 bits per heavy atom. The Labute approximate surface area is 149 Å². The maximum absolute atomic E-state index is 13.9. The number of halogens is 1. The van der Waals surface area contributed by atoms with Crippen LogP contribution in [0.2, 0.25) is 0 Å². The van der Waals surface area contributed by atoms with Crippen molar-refractivity contribution in [2.75, 3.05) is 13.2 Å². The van der Waals surface area contributed by atoms with Gasteiger partial charge in [0.2, 0.25) is 5.90 Å². The molecule has 8 heteroatoms. The van der Waals surface area contributed by atoms with Crippen LogP contribution in [0.15, 0.2) is 53.5 Å². The summed E-state index contributed by atoms with van der Waals surface area (Å²) in [6.45, 7) is 2.02. The van der Waals surface area contributed by atoms with Crippen LogP contribution in [0, 0.1) is 5.82 Å². The molecule has 2 N–H and O–H groups in total. The number of carbonyl (C=O) groups is 1. The van der Waals surface area contributed by atoms with Gasteiger partial charge in [-0.2, -0.15) is 5.48 Å². The number of rotatable bonds is 5. The van der Waals surface area contributed by atoms with Gasteiger partial charge in [-0.25, -0.2) is 19.2 Å². The lowest BCUT2D eigenvalue weighted by Gasteiger charge is -2.14. The van der Waals surface area contributed by atoms with Gasteiger partial charge in [0.15, 0.2) is 5.75 Å². The van der Waals surface area contributed by atoms with Crippen LogP contribution in [0.3, 0.4) is 0 Å². The molecule has 0 radical (unpaired) electrons. The van der Waals surface area contributed by atoms with Crippen molar-refractivity contribution in [1.29, 1.82) is 0 Å². The zero-order valence-electron chi connectivity index (χ0n) is 14.1. The maximum Gasteiger partial charge on any atom is 0.374 e. The molecule has 0 bridgehead atoms. The first-order chi connectivity index (χ1) is 12.6. The summed E-state index contributed by atoms with van der Waals surface area (Å²) in [7, 11) is 0. The number of ether oxygens (including phenoxy) is 1. The second-order valence-corrected chi connectivity index (χ2v) is 5.57. The van der Waals surface area contributed by atoms with Gasteiger partial charge in [-0.05, 0) is 24.6 Å². The molecule has 136 valence electrons. The zero-order valence-corrected chi connectivity index (χ0v) is 14.1. The number of carbonyl (C=O) groups excluding carboxylic acids is 1. The van der Waals surface area contributed by atoms with Crippen LogP contribution < -0.4 is 10.3 Å². The van der Waals surface area contributed by atoms with Gasteiger partial charge in [0.25, 0.3) is 0 Å². The summed E-state index contributed by atoms with van der Waals surface area (Å²) >= 11 is 0. The smallest absolute Gasteiger partial charge is 0.374 e. The second-order valence-electron chi connectivity index (χ2n) is 5.57. The molecule has 1 aliphatic rings. The van der Waals surface area contributed by atoms with E-state index < -0.39 is 11.8 Å². The summed E-state index contributed by atoms with van der Waals surface area (Å²) in [5, 5.41) is 9.68. The van der Waals surface area contributed by atoms with E-state index in [1.54, 1.807) is 6.92 Å². The number of amides is 2. The van der Waals surface area contributed by atoms with E-state index >= 15 is 0 Å². The first-order valence-corrected chi connectivity index (χ1v) is 8.06. The lowest BCUT2D eigenvalue weighted by atomic mass is 10.1. The number of aliphatic imine (C=N–C) groups is 1. The molecular formula is C18H18FN3O4. The number of benzene rings is 2. The predicted molar refractivity (Wildman–Crippen MR) is 91.4 cm³/mol. The fourth-order valence-corrected chi connectivity index (χ4v) is 2.42. The normalized spacial score (nSPS) is 15.8. The topological polar surface area (TPSA) is 83.4 Å². The quantitative estimate of drug-likeness (QED) is 0.635. The molecule has 2 aromatic rings. The van der Waals surface area contributed by atoms with Crippen LogP contribution in [0.5, 0.6) is 5.75 Å². The highest BCUT2D eigenvalue weighted by molar-refractivity contribution is 5.95. The molecule has 0 saturated carbocycles. The van der Waals surface area contributed by atoms with Crippen molar-refractivity contribution in [3.63, 3.8) is 0 Å². The van der Waals surface area contributed by atoms with Gasteiger partial charge in [-0.15, -0.1) is 0 Å². The Hall–Kier alpha value is -3.13. The van der Waals surface area contributed by atoms with Crippen LogP contribution in [0.1, 0.15) is 24.1 Å². The van der Waals surface area contributed by atoms with Gasteiger partial charge < -0.3 is 9.57 Å². The van der Waals surface area contributed by atoms with E-state index in [-0.39, 0.29) is 18.3 Å². The standard InChI is InChI=1S/C18H18FN3O4/c1-2-22(24)18(23)21-26-15-9-13(8-14(19)10-15)17-20-16(11-25-17)12-6-4-3-5-7-12/h3-10,16,24H,2,11H2,1H3,(H,21,23)/t16-/m0/s1. The number of nitrogens with zero attached hydrogens (tertiary/aromatic N) is 2. The summed E-state index contributed by atoms with van der Waals surface area (Å²) in [6.07, 6.45) is 0. The molecule has 1 heterocycles. The Morgan fingerprint density at radius 3 is 2.88 bits per heavy atom. The van der Waals surface area contributed by atoms with E-state index in [4.69, 9.17) is 9.57 Å². The Bertz CT molecular complexity index is 813. The van der Waals surface area contributed by atoms with E-state index in [0.717, 1.165) is 11.6 Å². The minimum Gasteiger partial charge on any atom is -0.475 e. The molecular weight excluding hydrogens is 341 g/mol. The van der Waals surface area contributed by atoms with Crippen LogP contribution >= 0.6 is 0 Å². The second kappa shape index (κ2) is 7.83. The summed E-state index contributed by atoms with van der Waals surface area (Å²) in [6, 6.07) is 12.5. The molecule has 3 rings (SSSR count). The van der Waals surface area contributed by atoms with Gasteiger partial charge >= 0.3 is 6.03 Å². The number of hydrogen-bond donors (Lipinski definition) is 2. The summed E-state index contributed by atoms with van der Waals surface area (Å²) in [4.78, 5) is 21.0. The van der Waals surface area contributed by atoms with Gasteiger partial charge in [-0.1, -0.05) is 30.3 Å². The Kier molecular flexibility index (Phi) is 5.33. The van der Waals surface area contributed by atoms with Crippen molar-refractivity contribution < 1.29 is 24.0 Å². The maximum atomic E-state index is 13.9. The van der Waals surface area contributed by atoms with E-state index in [9.17, 15) is 14.4 Å². The minimum absolute atomic E-state index is 0.0484. The molecule has 0 saturated heterocycles. The van der Waals surface area contributed by atoms with Gasteiger partial charge in [0.1, 0.15) is 18.5 Å². The van der Waals surface area contributed by atoms with Crippen molar-refractivity contribution in [2.45, 2.75) is 13.0 Å². The third-order valence-corrected chi connectivity index (χ3v) is 3.74. The van der Waals surface area contributed by atoms with Crippen LogP contribution in [0.25, 0.3) is 0 Å². The van der Waals surface area contributed by atoms with Crippen molar-refractivity contribution >= 4 is 11.9 Å². The summed E-state index contributed by atoms with van der Waals surface area (Å²) in [5.74, 6) is -0.225.